The summed E-state index contributed by atoms with van der Waals surface area (Å²) in [4.78, 5) is 11.3. The van der Waals surface area contributed by atoms with Gasteiger partial charge in [0.05, 0.1) is 11.1 Å². The lowest BCUT2D eigenvalue weighted by molar-refractivity contribution is 0.777. The molecule has 0 aliphatic rings. The van der Waals surface area contributed by atoms with E-state index in [4.69, 9.17) is 5.73 Å². The lowest BCUT2D eigenvalue weighted by Crippen LogP contribution is -2.13. The molecule has 0 saturated heterocycles. The molecular weight excluding hydrogens is 170 g/mol. The standard InChI is InChI=1S/C7H9N5O/c1-3-4-5(12(2)11-3)7(13)10-9-6(4)8/h1-2H3,(H2,8,9)(H,10,13). The van der Waals surface area contributed by atoms with E-state index in [-0.39, 0.29) is 5.56 Å². The van der Waals surface area contributed by atoms with E-state index in [1.165, 1.54) is 4.68 Å². The van der Waals surface area contributed by atoms with Gasteiger partial charge in [-0.05, 0) is 6.92 Å². The highest BCUT2D eigenvalue weighted by Gasteiger charge is 2.11. The number of H-pyrrole nitrogens is 1. The summed E-state index contributed by atoms with van der Waals surface area (Å²) in [6.07, 6.45) is 0. The summed E-state index contributed by atoms with van der Waals surface area (Å²) < 4.78 is 1.50. The summed E-state index contributed by atoms with van der Waals surface area (Å²) in [5.41, 5.74) is 6.51. The van der Waals surface area contributed by atoms with Crippen LogP contribution in [0.25, 0.3) is 10.9 Å². The summed E-state index contributed by atoms with van der Waals surface area (Å²) >= 11 is 0. The molecule has 0 unspecified atom stereocenters. The Balaban J connectivity index is 3.12. The van der Waals surface area contributed by atoms with Gasteiger partial charge in [-0.15, -0.1) is 0 Å². The second-order valence-electron chi connectivity index (χ2n) is 2.87. The normalized spacial score (nSPS) is 10.9. The van der Waals surface area contributed by atoms with E-state index in [1.54, 1.807) is 14.0 Å². The van der Waals surface area contributed by atoms with E-state index in [1.807, 2.05) is 0 Å². The van der Waals surface area contributed by atoms with Gasteiger partial charge in [0, 0.05) is 7.05 Å². The molecule has 0 atom stereocenters. The Morgan fingerprint density at radius 2 is 2.23 bits per heavy atom. The van der Waals surface area contributed by atoms with Crippen LogP contribution >= 0.6 is 0 Å². The molecule has 0 aliphatic heterocycles. The molecule has 6 heteroatoms. The summed E-state index contributed by atoms with van der Waals surface area (Å²) in [5, 5.41) is 10.7. The Kier molecular flexibility index (Phi) is 1.39. The average Bonchev–Trinajstić information content (AvgIpc) is 2.36. The third kappa shape index (κ3) is 0.915. The topological polar surface area (TPSA) is 89.6 Å². The fourth-order valence-corrected chi connectivity index (χ4v) is 1.45. The van der Waals surface area contributed by atoms with Crippen molar-refractivity contribution in [2.24, 2.45) is 7.05 Å². The van der Waals surface area contributed by atoms with Crippen molar-refractivity contribution < 1.29 is 0 Å². The first kappa shape index (κ1) is 7.78. The minimum atomic E-state index is -0.271. The van der Waals surface area contributed by atoms with Crippen LogP contribution in [-0.4, -0.2) is 20.0 Å². The SMILES string of the molecule is Cc1nn(C)c2c(=O)[nH]nc(N)c12. The number of aryl methyl sites for hydroxylation is 2. The minimum Gasteiger partial charge on any atom is -0.382 e. The van der Waals surface area contributed by atoms with E-state index in [9.17, 15) is 4.79 Å². The summed E-state index contributed by atoms with van der Waals surface area (Å²) in [5.74, 6) is 0.306. The molecule has 0 saturated carbocycles. The van der Waals surface area contributed by atoms with Crippen molar-refractivity contribution in [1.82, 2.24) is 20.0 Å². The van der Waals surface area contributed by atoms with E-state index < -0.39 is 0 Å². The van der Waals surface area contributed by atoms with E-state index >= 15 is 0 Å². The molecule has 3 N–H and O–H groups in total. The maximum atomic E-state index is 11.3. The number of aromatic amines is 1. The summed E-state index contributed by atoms with van der Waals surface area (Å²) in [6, 6.07) is 0. The van der Waals surface area contributed by atoms with E-state index in [0.717, 1.165) is 0 Å². The van der Waals surface area contributed by atoms with E-state index in [0.29, 0.717) is 22.4 Å². The maximum Gasteiger partial charge on any atom is 0.290 e. The van der Waals surface area contributed by atoms with Crippen LogP contribution in [-0.2, 0) is 7.05 Å². The number of fused-ring (bicyclic) bond motifs is 1. The van der Waals surface area contributed by atoms with Gasteiger partial charge in [0.25, 0.3) is 5.56 Å². The summed E-state index contributed by atoms with van der Waals surface area (Å²) in [6.45, 7) is 1.79. The Labute approximate surface area is 73.4 Å². The highest BCUT2D eigenvalue weighted by Crippen LogP contribution is 2.17. The molecule has 2 rings (SSSR count). The van der Waals surface area contributed by atoms with Crippen LogP contribution in [0.3, 0.4) is 0 Å². The predicted octanol–water partition coefficient (Wildman–Crippen LogP) is -0.453. The molecule has 68 valence electrons. The maximum absolute atomic E-state index is 11.3. The van der Waals surface area contributed by atoms with Gasteiger partial charge in [-0.2, -0.15) is 10.2 Å². The molecular formula is C7H9N5O. The molecule has 2 aromatic rings. The van der Waals surface area contributed by atoms with Gasteiger partial charge in [0.2, 0.25) is 0 Å². The first-order valence-electron chi connectivity index (χ1n) is 3.78. The molecule has 6 nitrogen and oxygen atoms in total. The van der Waals surface area contributed by atoms with Crippen LogP contribution in [0.4, 0.5) is 5.82 Å². The molecule has 0 aliphatic carbocycles. The lowest BCUT2D eigenvalue weighted by Gasteiger charge is -1.94. The minimum absolute atomic E-state index is 0.271. The molecule has 0 amide bonds. The van der Waals surface area contributed by atoms with Gasteiger partial charge in [0.15, 0.2) is 5.82 Å². The number of nitrogen functional groups attached to an aromatic ring is 1. The van der Waals surface area contributed by atoms with Gasteiger partial charge in [-0.25, -0.2) is 5.10 Å². The van der Waals surface area contributed by atoms with Gasteiger partial charge in [0.1, 0.15) is 5.52 Å². The second kappa shape index (κ2) is 2.32. The molecule has 0 fully saturated rings. The number of hydrogen-bond donors (Lipinski definition) is 2. The number of nitrogens with one attached hydrogen (secondary N) is 1. The van der Waals surface area contributed by atoms with Crippen LogP contribution in [0.2, 0.25) is 0 Å². The van der Waals surface area contributed by atoms with Crippen LogP contribution in [0, 0.1) is 6.92 Å². The third-order valence-electron chi connectivity index (χ3n) is 1.97. The zero-order valence-electron chi connectivity index (χ0n) is 7.33. The van der Waals surface area contributed by atoms with Crippen molar-refractivity contribution >= 4 is 16.7 Å². The molecule has 0 radical (unpaired) electrons. The second-order valence-corrected chi connectivity index (χ2v) is 2.87. The van der Waals surface area contributed by atoms with Gasteiger partial charge in [-0.3, -0.25) is 9.48 Å². The predicted molar refractivity (Wildman–Crippen MR) is 48.3 cm³/mol. The Bertz CT molecular complexity index is 523. The zero-order chi connectivity index (χ0) is 9.59. The van der Waals surface area contributed by atoms with Crippen molar-refractivity contribution in [2.75, 3.05) is 5.73 Å². The average molecular weight is 179 g/mol. The molecule has 13 heavy (non-hydrogen) atoms. The van der Waals surface area contributed by atoms with Crippen LogP contribution in [0.1, 0.15) is 5.69 Å². The molecule has 0 spiro atoms. The van der Waals surface area contributed by atoms with Crippen molar-refractivity contribution in [2.45, 2.75) is 6.92 Å². The van der Waals surface area contributed by atoms with E-state index in [2.05, 4.69) is 15.3 Å². The number of rotatable bonds is 0. The van der Waals surface area contributed by atoms with Gasteiger partial charge < -0.3 is 5.73 Å². The highest BCUT2D eigenvalue weighted by atomic mass is 16.1. The molecule has 0 aromatic carbocycles. The molecule has 2 aromatic heterocycles. The number of nitrogens with two attached hydrogens (primary N) is 1. The first-order valence-corrected chi connectivity index (χ1v) is 3.78. The van der Waals surface area contributed by atoms with Crippen molar-refractivity contribution in [3.05, 3.63) is 16.0 Å². The van der Waals surface area contributed by atoms with Crippen molar-refractivity contribution in [3.63, 3.8) is 0 Å². The number of hydrogen-bond acceptors (Lipinski definition) is 4. The first-order chi connectivity index (χ1) is 6.11. The number of nitrogens with zero attached hydrogens (tertiary/aromatic N) is 3. The lowest BCUT2D eigenvalue weighted by atomic mass is 10.3. The van der Waals surface area contributed by atoms with Crippen molar-refractivity contribution in [3.8, 4) is 0 Å². The highest BCUT2D eigenvalue weighted by molar-refractivity contribution is 5.89. The summed E-state index contributed by atoms with van der Waals surface area (Å²) in [7, 11) is 1.70. The number of anilines is 1. The van der Waals surface area contributed by atoms with Crippen LogP contribution in [0.5, 0.6) is 0 Å². The Morgan fingerprint density at radius 1 is 1.54 bits per heavy atom. The smallest absolute Gasteiger partial charge is 0.290 e. The van der Waals surface area contributed by atoms with Gasteiger partial charge >= 0.3 is 0 Å². The quantitative estimate of drug-likeness (QED) is 0.573. The van der Waals surface area contributed by atoms with Crippen molar-refractivity contribution in [1.29, 1.82) is 0 Å². The molecule has 0 bridgehead atoms. The number of aromatic nitrogens is 4. The zero-order valence-corrected chi connectivity index (χ0v) is 7.33. The van der Waals surface area contributed by atoms with Gasteiger partial charge in [-0.1, -0.05) is 0 Å². The largest absolute Gasteiger partial charge is 0.382 e. The Morgan fingerprint density at radius 3 is 2.85 bits per heavy atom. The fourth-order valence-electron chi connectivity index (χ4n) is 1.45. The molecule has 2 heterocycles. The van der Waals surface area contributed by atoms with Crippen LogP contribution in [0.15, 0.2) is 4.79 Å². The third-order valence-corrected chi connectivity index (χ3v) is 1.97. The monoisotopic (exact) mass is 179 g/mol. The fraction of sp³-hybridized carbons (Fsp3) is 0.286. The Hall–Kier alpha value is -1.85. The van der Waals surface area contributed by atoms with Crippen LogP contribution < -0.4 is 11.3 Å².